The van der Waals surface area contributed by atoms with Gasteiger partial charge in [0.25, 0.3) is 0 Å². The highest BCUT2D eigenvalue weighted by Crippen LogP contribution is 2.18. The first-order chi connectivity index (χ1) is 14.2. The number of para-hydroxylation sites is 1. The number of hydrazone groups is 1. The fourth-order valence-corrected chi connectivity index (χ4v) is 3.28. The van der Waals surface area contributed by atoms with Crippen molar-refractivity contribution in [3.63, 3.8) is 0 Å². The van der Waals surface area contributed by atoms with Crippen molar-refractivity contribution in [1.82, 2.24) is 15.4 Å². The van der Waals surface area contributed by atoms with Gasteiger partial charge in [0.15, 0.2) is 0 Å². The van der Waals surface area contributed by atoms with E-state index in [1.165, 1.54) is 5.56 Å². The number of hydrogen-bond acceptors (Lipinski definition) is 4. The van der Waals surface area contributed by atoms with Crippen LogP contribution in [0.4, 0.5) is 0 Å². The zero-order valence-electron chi connectivity index (χ0n) is 16.6. The predicted molar refractivity (Wildman–Crippen MR) is 118 cm³/mol. The number of carbonyl (C=O) groups excluding carboxylic acids is 1. The van der Waals surface area contributed by atoms with Crippen LogP contribution in [0.1, 0.15) is 43.0 Å². The summed E-state index contributed by atoms with van der Waals surface area (Å²) in [5.41, 5.74) is 7.39. The van der Waals surface area contributed by atoms with Crippen molar-refractivity contribution in [2.24, 2.45) is 5.10 Å². The number of pyridine rings is 2. The first-order valence-corrected chi connectivity index (χ1v) is 10.4. The third kappa shape index (κ3) is 5.84. The molecule has 6 heteroatoms. The molecule has 0 spiro atoms. The number of fused-ring (bicyclic) bond motifs is 1. The molecule has 3 aromatic rings. The Hall–Kier alpha value is -2.79. The summed E-state index contributed by atoms with van der Waals surface area (Å²) in [6.45, 7) is 2.10. The van der Waals surface area contributed by atoms with Crippen molar-refractivity contribution in [3.05, 3.63) is 71.7 Å². The van der Waals surface area contributed by atoms with Gasteiger partial charge in [-0.25, -0.2) is 5.43 Å². The van der Waals surface area contributed by atoms with Gasteiger partial charge in [0.05, 0.1) is 16.9 Å². The van der Waals surface area contributed by atoms with Gasteiger partial charge in [-0.1, -0.05) is 25.1 Å². The number of alkyl halides is 1. The molecule has 0 saturated heterocycles. The maximum atomic E-state index is 12.1. The van der Waals surface area contributed by atoms with E-state index in [9.17, 15) is 4.79 Å². The Balaban J connectivity index is 1.89. The molecule has 0 fully saturated rings. The van der Waals surface area contributed by atoms with Gasteiger partial charge in [-0.05, 0) is 54.7 Å². The lowest BCUT2D eigenvalue weighted by molar-refractivity contribution is -0.121. The standard InChI is InChI=1S/C23H25ClN4O/c1-2-17-10-13-26-21(15-17)22(27-28-23(29)9-5-6-12-24)16-18-11-14-25-20-8-4-3-7-19(18)20/h3-4,7-8,10-11,13-15H,2,5-6,9,12,16H2,1H3,(H,28,29). The van der Waals surface area contributed by atoms with Gasteiger partial charge in [-0.2, -0.15) is 5.10 Å². The van der Waals surface area contributed by atoms with E-state index in [2.05, 4.69) is 33.5 Å². The summed E-state index contributed by atoms with van der Waals surface area (Å²) < 4.78 is 0. The second kappa shape index (κ2) is 10.7. The van der Waals surface area contributed by atoms with Crippen LogP contribution in [0.3, 0.4) is 0 Å². The second-order valence-electron chi connectivity index (χ2n) is 6.81. The van der Waals surface area contributed by atoms with Crippen molar-refractivity contribution in [1.29, 1.82) is 0 Å². The first-order valence-electron chi connectivity index (χ1n) is 9.90. The quantitative estimate of drug-likeness (QED) is 0.242. The second-order valence-corrected chi connectivity index (χ2v) is 7.18. The molecule has 0 aliphatic rings. The van der Waals surface area contributed by atoms with Crippen LogP contribution in [0.5, 0.6) is 0 Å². The van der Waals surface area contributed by atoms with E-state index in [1.807, 2.05) is 36.4 Å². The fraction of sp³-hybridized carbons (Fsp3) is 0.304. The minimum absolute atomic E-state index is 0.112. The van der Waals surface area contributed by atoms with Crippen molar-refractivity contribution in [2.75, 3.05) is 5.88 Å². The normalized spacial score (nSPS) is 11.6. The third-order valence-corrected chi connectivity index (χ3v) is 5.00. The summed E-state index contributed by atoms with van der Waals surface area (Å²) in [7, 11) is 0. The summed E-state index contributed by atoms with van der Waals surface area (Å²) in [5, 5.41) is 5.52. The van der Waals surface area contributed by atoms with E-state index < -0.39 is 0 Å². The Kier molecular flexibility index (Phi) is 7.70. The average Bonchev–Trinajstić information content (AvgIpc) is 2.77. The lowest BCUT2D eigenvalue weighted by Crippen LogP contribution is -2.21. The number of nitrogens with zero attached hydrogens (tertiary/aromatic N) is 3. The van der Waals surface area contributed by atoms with Crippen LogP contribution < -0.4 is 5.43 Å². The number of hydrogen-bond donors (Lipinski definition) is 1. The smallest absolute Gasteiger partial charge is 0.240 e. The van der Waals surface area contributed by atoms with Crippen LogP contribution in [0.2, 0.25) is 0 Å². The predicted octanol–water partition coefficient (Wildman–Crippen LogP) is 4.66. The summed E-state index contributed by atoms with van der Waals surface area (Å²) in [6, 6.07) is 14.0. The van der Waals surface area contributed by atoms with E-state index in [0.717, 1.165) is 47.1 Å². The first kappa shape index (κ1) is 20.9. The number of aryl methyl sites for hydroxylation is 1. The Bertz CT molecular complexity index is 998. The number of rotatable bonds is 9. The van der Waals surface area contributed by atoms with Crippen LogP contribution in [0.15, 0.2) is 60.0 Å². The SMILES string of the molecule is CCc1ccnc(C(Cc2ccnc3ccccc23)=NNC(=O)CCCCCl)c1. The number of aromatic nitrogens is 2. The molecule has 0 aliphatic heterocycles. The lowest BCUT2D eigenvalue weighted by atomic mass is 10.0. The Morgan fingerprint density at radius 3 is 2.76 bits per heavy atom. The summed E-state index contributed by atoms with van der Waals surface area (Å²) in [5.74, 6) is 0.448. The highest BCUT2D eigenvalue weighted by atomic mass is 35.5. The summed E-state index contributed by atoms with van der Waals surface area (Å²) in [4.78, 5) is 21.1. The minimum atomic E-state index is -0.112. The number of carbonyl (C=O) groups is 1. The van der Waals surface area contributed by atoms with Crippen molar-refractivity contribution in [3.8, 4) is 0 Å². The third-order valence-electron chi connectivity index (χ3n) is 4.73. The molecule has 29 heavy (non-hydrogen) atoms. The highest BCUT2D eigenvalue weighted by molar-refractivity contribution is 6.17. The molecule has 0 atom stereocenters. The van der Waals surface area contributed by atoms with Gasteiger partial charge >= 0.3 is 0 Å². The molecule has 0 radical (unpaired) electrons. The molecule has 2 aromatic heterocycles. The number of unbranched alkanes of at least 4 members (excludes halogenated alkanes) is 1. The van der Waals surface area contributed by atoms with Gasteiger partial charge in [-0.15, -0.1) is 11.6 Å². The minimum Gasteiger partial charge on any atom is -0.273 e. The highest BCUT2D eigenvalue weighted by Gasteiger charge is 2.12. The van der Waals surface area contributed by atoms with Crippen LogP contribution in [0, 0.1) is 0 Å². The molecule has 5 nitrogen and oxygen atoms in total. The van der Waals surface area contributed by atoms with Crippen molar-refractivity contribution < 1.29 is 4.79 Å². The molecule has 3 rings (SSSR count). The number of halogens is 1. The summed E-state index contributed by atoms with van der Waals surface area (Å²) in [6.07, 6.45) is 7.01. The Morgan fingerprint density at radius 2 is 1.93 bits per heavy atom. The number of nitrogens with one attached hydrogen (secondary N) is 1. The molecule has 1 amide bonds. The van der Waals surface area contributed by atoms with Gasteiger partial charge in [-0.3, -0.25) is 14.8 Å². The number of benzene rings is 1. The number of amides is 1. The van der Waals surface area contributed by atoms with Crippen molar-refractivity contribution in [2.45, 2.75) is 39.0 Å². The van der Waals surface area contributed by atoms with E-state index in [-0.39, 0.29) is 5.91 Å². The summed E-state index contributed by atoms with van der Waals surface area (Å²) >= 11 is 5.69. The van der Waals surface area contributed by atoms with E-state index in [4.69, 9.17) is 11.6 Å². The fourth-order valence-electron chi connectivity index (χ4n) is 3.09. The molecule has 1 N–H and O–H groups in total. The van der Waals surface area contributed by atoms with Crippen molar-refractivity contribution >= 4 is 34.1 Å². The Labute approximate surface area is 176 Å². The van der Waals surface area contributed by atoms with Gasteiger partial charge < -0.3 is 0 Å². The maximum Gasteiger partial charge on any atom is 0.240 e. The van der Waals surface area contributed by atoms with Gasteiger partial charge in [0, 0.05) is 36.5 Å². The zero-order valence-corrected chi connectivity index (χ0v) is 17.3. The monoisotopic (exact) mass is 408 g/mol. The lowest BCUT2D eigenvalue weighted by Gasteiger charge is -2.10. The van der Waals surface area contributed by atoms with Gasteiger partial charge in [0.2, 0.25) is 5.91 Å². The largest absolute Gasteiger partial charge is 0.273 e. The molecule has 0 saturated carbocycles. The van der Waals surface area contributed by atoms with E-state index in [1.54, 1.807) is 12.4 Å². The van der Waals surface area contributed by atoms with Crippen LogP contribution in [-0.4, -0.2) is 27.5 Å². The van der Waals surface area contributed by atoms with Crippen LogP contribution in [-0.2, 0) is 17.6 Å². The topological polar surface area (TPSA) is 67.2 Å². The molecular formula is C23H25ClN4O. The van der Waals surface area contributed by atoms with Crippen LogP contribution >= 0.6 is 11.6 Å². The molecule has 0 bridgehead atoms. The molecule has 2 heterocycles. The van der Waals surface area contributed by atoms with Crippen LogP contribution in [0.25, 0.3) is 10.9 Å². The van der Waals surface area contributed by atoms with Gasteiger partial charge in [0.1, 0.15) is 0 Å². The molecule has 150 valence electrons. The zero-order chi connectivity index (χ0) is 20.5. The van der Waals surface area contributed by atoms with E-state index >= 15 is 0 Å². The molecule has 0 unspecified atom stereocenters. The maximum absolute atomic E-state index is 12.1. The molecule has 0 aliphatic carbocycles. The Morgan fingerprint density at radius 1 is 1.10 bits per heavy atom. The van der Waals surface area contributed by atoms with E-state index in [0.29, 0.717) is 18.7 Å². The average molecular weight is 409 g/mol. The molecule has 1 aromatic carbocycles. The molecular weight excluding hydrogens is 384 g/mol.